The molecule has 2 heterocycles. The van der Waals surface area contributed by atoms with Crippen LogP contribution in [0.1, 0.15) is 57.0 Å². The van der Waals surface area contributed by atoms with Crippen molar-refractivity contribution in [3.63, 3.8) is 0 Å². The average molecular weight is 295 g/mol. The van der Waals surface area contributed by atoms with E-state index in [1.54, 1.807) is 0 Å². The van der Waals surface area contributed by atoms with Crippen LogP contribution in [0.15, 0.2) is 0 Å². The van der Waals surface area contributed by atoms with E-state index in [9.17, 15) is 0 Å². The first-order chi connectivity index (χ1) is 9.78. The molecule has 2 rings (SSSR count). The molecule has 1 saturated heterocycles. The minimum Gasteiger partial charge on any atom is -0.348 e. The van der Waals surface area contributed by atoms with Crippen LogP contribution in [0.4, 0.5) is 5.13 Å². The number of aryl methyl sites for hydroxylation is 1. The SMILES string of the molecule is CCNCc1sc(N2CCCC(CC)CC2)nc1CC. The molecule has 0 radical (unpaired) electrons. The Morgan fingerprint density at radius 1 is 1.25 bits per heavy atom. The lowest BCUT2D eigenvalue weighted by atomic mass is 9.98. The smallest absolute Gasteiger partial charge is 0.185 e. The van der Waals surface area contributed by atoms with Crippen molar-refractivity contribution in [2.45, 2.75) is 59.4 Å². The van der Waals surface area contributed by atoms with Gasteiger partial charge >= 0.3 is 0 Å². The molecule has 0 aliphatic carbocycles. The lowest BCUT2D eigenvalue weighted by Crippen LogP contribution is -2.24. The molecular formula is C16H29N3S. The molecular weight excluding hydrogens is 266 g/mol. The number of rotatable bonds is 6. The zero-order valence-corrected chi connectivity index (χ0v) is 14.1. The molecule has 1 atom stereocenters. The van der Waals surface area contributed by atoms with Crippen molar-refractivity contribution in [1.29, 1.82) is 0 Å². The van der Waals surface area contributed by atoms with Gasteiger partial charge in [0.25, 0.3) is 0 Å². The van der Waals surface area contributed by atoms with Gasteiger partial charge in [-0.1, -0.05) is 27.2 Å². The zero-order valence-electron chi connectivity index (χ0n) is 13.2. The summed E-state index contributed by atoms with van der Waals surface area (Å²) in [6.45, 7) is 11.1. The van der Waals surface area contributed by atoms with Gasteiger partial charge in [-0.05, 0) is 38.1 Å². The first-order valence-electron chi connectivity index (χ1n) is 8.22. The standard InChI is InChI=1S/C16H29N3S/c1-4-13-8-7-10-19(11-9-13)16-18-14(5-2)15(20-16)12-17-6-3/h13,17H,4-12H2,1-3H3. The fourth-order valence-electron chi connectivity index (χ4n) is 2.92. The topological polar surface area (TPSA) is 28.2 Å². The van der Waals surface area contributed by atoms with Crippen LogP contribution in [-0.2, 0) is 13.0 Å². The highest BCUT2D eigenvalue weighted by Crippen LogP contribution is 2.30. The third-order valence-electron chi connectivity index (χ3n) is 4.33. The number of thiazole rings is 1. The molecule has 1 aliphatic rings. The molecule has 0 aromatic carbocycles. The maximum absolute atomic E-state index is 4.90. The van der Waals surface area contributed by atoms with Crippen LogP contribution in [0.3, 0.4) is 0 Å². The lowest BCUT2D eigenvalue weighted by molar-refractivity contribution is 0.459. The molecule has 114 valence electrons. The molecule has 0 saturated carbocycles. The molecule has 1 N–H and O–H groups in total. The number of hydrogen-bond acceptors (Lipinski definition) is 4. The minimum absolute atomic E-state index is 0.923. The van der Waals surface area contributed by atoms with E-state index < -0.39 is 0 Å². The summed E-state index contributed by atoms with van der Waals surface area (Å²) in [5.41, 5.74) is 1.29. The van der Waals surface area contributed by atoms with Crippen molar-refractivity contribution in [3.05, 3.63) is 10.6 Å². The molecule has 0 spiro atoms. The normalized spacial score (nSPS) is 20.1. The lowest BCUT2D eigenvalue weighted by Gasteiger charge is -2.19. The summed E-state index contributed by atoms with van der Waals surface area (Å²) < 4.78 is 0. The number of nitrogens with one attached hydrogen (secondary N) is 1. The van der Waals surface area contributed by atoms with Gasteiger partial charge < -0.3 is 10.2 Å². The maximum atomic E-state index is 4.90. The van der Waals surface area contributed by atoms with E-state index in [1.165, 1.54) is 54.5 Å². The van der Waals surface area contributed by atoms with Crippen molar-refractivity contribution < 1.29 is 0 Å². The van der Waals surface area contributed by atoms with Crippen LogP contribution >= 0.6 is 11.3 Å². The van der Waals surface area contributed by atoms with E-state index in [0.717, 1.165) is 25.4 Å². The fraction of sp³-hybridized carbons (Fsp3) is 0.812. The predicted molar refractivity (Wildman–Crippen MR) is 88.7 cm³/mol. The van der Waals surface area contributed by atoms with E-state index in [0.29, 0.717) is 0 Å². The third kappa shape index (κ3) is 3.95. The highest BCUT2D eigenvalue weighted by molar-refractivity contribution is 7.15. The van der Waals surface area contributed by atoms with Crippen molar-refractivity contribution in [3.8, 4) is 0 Å². The number of hydrogen-bond donors (Lipinski definition) is 1. The van der Waals surface area contributed by atoms with Crippen molar-refractivity contribution in [2.75, 3.05) is 24.5 Å². The molecule has 20 heavy (non-hydrogen) atoms. The van der Waals surface area contributed by atoms with Gasteiger partial charge in [0, 0.05) is 24.5 Å². The molecule has 0 amide bonds. The summed E-state index contributed by atoms with van der Waals surface area (Å²) >= 11 is 1.90. The average Bonchev–Trinajstić information content (AvgIpc) is 2.73. The first-order valence-corrected chi connectivity index (χ1v) is 9.04. The second-order valence-electron chi connectivity index (χ2n) is 5.69. The van der Waals surface area contributed by atoms with Crippen LogP contribution in [0, 0.1) is 5.92 Å². The highest BCUT2D eigenvalue weighted by atomic mass is 32.1. The first kappa shape index (κ1) is 15.8. The van der Waals surface area contributed by atoms with Crippen LogP contribution < -0.4 is 10.2 Å². The minimum atomic E-state index is 0.923. The summed E-state index contributed by atoms with van der Waals surface area (Å²) in [6, 6.07) is 0. The maximum Gasteiger partial charge on any atom is 0.185 e. The molecule has 1 fully saturated rings. The van der Waals surface area contributed by atoms with Crippen molar-refractivity contribution in [2.24, 2.45) is 5.92 Å². The number of anilines is 1. The summed E-state index contributed by atoms with van der Waals surface area (Å²) in [5, 5.41) is 4.69. The van der Waals surface area contributed by atoms with Gasteiger partial charge in [-0.2, -0.15) is 0 Å². The molecule has 1 aromatic heterocycles. The van der Waals surface area contributed by atoms with Gasteiger partial charge in [0.2, 0.25) is 0 Å². The second-order valence-corrected chi connectivity index (χ2v) is 6.75. The third-order valence-corrected chi connectivity index (χ3v) is 5.49. The van der Waals surface area contributed by atoms with Crippen molar-refractivity contribution in [1.82, 2.24) is 10.3 Å². The van der Waals surface area contributed by atoms with E-state index >= 15 is 0 Å². The summed E-state index contributed by atoms with van der Waals surface area (Å²) in [6.07, 6.45) is 6.42. The fourth-order valence-corrected chi connectivity index (χ4v) is 4.09. The van der Waals surface area contributed by atoms with Crippen molar-refractivity contribution >= 4 is 16.5 Å². The summed E-state index contributed by atoms with van der Waals surface area (Å²) in [5.74, 6) is 0.923. The van der Waals surface area contributed by atoms with Gasteiger partial charge in [0.15, 0.2) is 5.13 Å². The molecule has 1 aliphatic heterocycles. The van der Waals surface area contributed by atoms with Gasteiger partial charge in [-0.25, -0.2) is 4.98 Å². The second kappa shape index (κ2) is 7.99. The molecule has 0 bridgehead atoms. The van der Waals surface area contributed by atoms with Gasteiger partial charge in [0.1, 0.15) is 0 Å². The Morgan fingerprint density at radius 2 is 2.10 bits per heavy atom. The van der Waals surface area contributed by atoms with Crippen LogP contribution in [-0.4, -0.2) is 24.6 Å². The largest absolute Gasteiger partial charge is 0.348 e. The van der Waals surface area contributed by atoms with Crippen LogP contribution in [0.5, 0.6) is 0 Å². The number of nitrogens with zero attached hydrogens (tertiary/aromatic N) is 2. The molecule has 1 unspecified atom stereocenters. The Morgan fingerprint density at radius 3 is 2.80 bits per heavy atom. The van der Waals surface area contributed by atoms with E-state index in [2.05, 4.69) is 31.0 Å². The van der Waals surface area contributed by atoms with Gasteiger partial charge in [-0.3, -0.25) is 0 Å². The van der Waals surface area contributed by atoms with E-state index in [-0.39, 0.29) is 0 Å². The quantitative estimate of drug-likeness (QED) is 0.864. The molecule has 4 heteroatoms. The Kier molecular flexibility index (Phi) is 6.30. The predicted octanol–water partition coefficient (Wildman–Crippen LogP) is 3.83. The Bertz CT molecular complexity index is 402. The van der Waals surface area contributed by atoms with E-state index in [4.69, 9.17) is 4.98 Å². The molecule has 1 aromatic rings. The van der Waals surface area contributed by atoms with Crippen LogP contribution in [0.2, 0.25) is 0 Å². The summed E-state index contributed by atoms with van der Waals surface area (Å²) in [4.78, 5) is 8.86. The van der Waals surface area contributed by atoms with Crippen LogP contribution in [0.25, 0.3) is 0 Å². The van der Waals surface area contributed by atoms with Gasteiger partial charge in [-0.15, -0.1) is 11.3 Å². The molecule has 3 nitrogen and oxygen atoms in total. The van der Waals surface area contributed by atoms with Gasteiger partial charge in [0.05, 0.1) is 5.69 Å². The Hall–Kier alpha value is -0.610. The van der Waals surface area contributed by atoms with E-state index in [1.807, 2.05) is 11.3 Å². The monoisotopic (exact) mass is 295 g/mol. The Labute approximate surface area is 127 Å². The highest BCUT2D eigenvalue weighted by Gasteiger charge is 2.19. The summed E-state index contributed by atoms with van der Waals surface area (Å²) in [7, 11) is 0. The number of aromatic nitrogens is 1. The zero-order chi connectivity index (χ0) is 14.4. The Balaban J connectivity index is 2.05.